The van der Waals surface area contributed by atoms with Crippen LogP contribution in [0.5, 0.6) is 0 Å². The Morgan fingerprint density at radius 1 is 1.43 bits per heavy atom. The maximum atomic E-state index is 5.41. The van der Waals surface area contributed by atoms with Crippen molar-refractivity contribution in [3.05, 3.63) is 0 Å². The maximum absolute atomic E-state index is 5.41. The van der Waals surface area contributed by atoms with Crippen LogP contribution < -0.4 is 5.32 Å². The van der Waals surface area contributed by atoms with Crippen LogP contribution in [-0.2, 0) is 4.74 Å². The van der Waals surface area contributed by atoms with Crippen molar-refractivity contribution in [2.75, 3.05) is 14.2 Å². The number of hydrogen-bond donors (Lipinski definition) is 1. The molecule has 1 aliphatic carbocycles. The van der Waals surface area contributed by atoms with E-state index in [1.165, 1.54) is 25.7 Å². The van der Waals surface area contributed by atoms with Gasteiger partial charge in [0.25, 0.3) is 0 Å². The van der Waals surface area contributed by atoms with Crippen LogP contribution in [0.2, 0.25) is 0 Å². The lowest BCUT2D eigenvalue weighted by atomic mass is 9.97. The van der Waals surface area contributed by atoms with Crippen LogP contribution >= 0.6 is 0 Å². The molecule has 1 aliphatic rings. The molecule has 84 valence electrons. The van der Waals surface area contributed by atoms with E-state index in [0.29, 0.717) is 0 Å². The van der Waals surface area contributed by atoms with Crippen LogP contribution in [0.4, 0.5) is 0 Å². The van der Waals surface area contributed by atoms with Gasteiger partial charge in [0.1, 0.15) is 0 Å². The number of rotatable bonds is 7. The fourth-order valence-electron chi connectivity index (χ4n) is 1.96. The molecule has 0 spiro atoms. The Morgan fingerprint density at radius 2 is 2.07 bits per heavy atom. The molecular formula is C12H25NO. The first-order chi connectivity index (χ1) is 6.59. The van der Waals surface area contributed by atoms with Crippen molar-refractivity contribution in [1.29, 1.82) is 0 Å². The summed E-state index contributed by atoms with van der Waals surface area (Å²) in [5.41, 5.74) is 0.0574. The lowest BCUT2D eigenvalue weighted by Gasteiger charge is -2.24. The summed E-state index contributed by atoms with van der Waals surface area (Å²) in [7, 11) is 3.89. The van der Waals surface area contributed by atoms with Crippen LogP contribution in [0.25, 0.3) is 0 Å². The van der Waals surface area contributed by atoms with Gasteiger partial charge in [-0.05, 0) is 58.9 Å². The second-order valence-corrected chi connectivity index (χ2v) is 5.09. The van der Waals surface area contributed by atoms with Gasteiger partial charge in [-0.3, -0.25) is 0 Å². The van der Waals surface area contributed by atoms with Crippen LogP contribution in [-0.4, -0.2) is 25.8 Å². The normalized spacial score (nSPS) is 19.7. The van der Waals surface area contributed by atoms with Crippen LogP contribution in [0.3, 0.4) is 0 Å². The van der Waals surface area contributed by atoms with Crippen molar-refractivity contribution in [2.45, 2.75) is 57.6 Å². The van der Waals surface area contributed by atoms with Crippen molar-refractivity contribution in [3.8, 4) is 0 Å². The highest BCUT2D eigenvalue weighted by Gasteiger charge is 2.29. The minimum absolute atomic E-state index is 0.0574. The average molecular weight is 199 g/mol. The van der Waals surface area contributed by atoms with Gasteiger partial charge in [0.05, 0.1) is 5.60 Å². The first-order valence-electron chi connectivity index (χ1n) is 5.81. The van der Waals surface area contributed by atoms with Gasteiger partial charge in [0, 0.05) is 13.2 Å². The van der Waals surface area contributed by atoms with E-state index in [-0.39, 0.29) is 5.60 Å². The molecule has 0 amide bonds. The Balaban J connectivity index is 2.12. The fraction of sp³-hybridized carbons (Fsp3) is 1.00. The molecule has 0 aromatic heterocycles. The largest absolute Gasteiger partial charge is 0.379 e. The van der Waals surface area contributed by atoms with Crippen molar-refractivity contribution in [2.24, 2.45) is 5.92 Å². The molecule has 0 aromatic rings. The summed E-state index contributed by atoms with van der Waals surface area (Å²) >= 11 is 0. The molecule has 1 N–H and O–H groups in total. The highest BCUT2D eigenvalue weighted by atomic mass is 16.5. The molecule has 0 aromatic carbocycles. The molecule has 14 heavy (non-hydrogen) atoms. The predicted octanol–water partition coefficient (Wildman–Crippen LogP) is 2.58. The summed E-state index contributed by atoms with van der Waals surface area (Å²) in [6.45, 7) is 4.33. The lowest BCUT2D eigenvalue weighted by Crippen LogP contribution is -2.29. The standard InChI is InChI=1S/C12H25NO/c1-12(2,14-4)9-5-6-11(13-3)10-7-8-10/h10-11,13H,5-9H2,1-4H3. The van der Waals surface area contributed by atoms with Crippen LogP contribution in [0.15, 0.2) is 0 Å². The van der Waals surface area contributed by atoms with E-state index >= 15 is 0 Å². The molecule has 1 fully saturated rings. The number of methoxy groups -OCH3 is 1. The van der Waals surface area contributed by atoms with Crippen molar-refractivity contribution < 1.29 is 4.74 Å². The molecule has 1 saturated carbocycles. The Morgan fingerprint density at radius 3 is 2.50 bits per heavy atom. The SMILES string of the molecule is CNC(CCCC(C)(C)OC)C1CC1. The molecule has 1 atom stereocenters. The molecule has 0 aliphatic heterocycles. The third-order valence-electron chi connectivity index (χ3n) is 3.41. The molecule has 0 radical (unpaired) electrons. The van der Waals surface area contributed by atoms with Gasteiger partial charge in [-0.1, -0.05) is 0 Å². The second kappa shape index (κ2) is 5.13. The van der Waals surface area contributed by atoms with Gasteiger partial charge in [-0.25, -0.2) is 0 Å². The lowest BCUT2D eigenvalue weighted by molar-refractivity contribution is 0.0129. The van der Waals surface area contributed by atoms with Crippen molar-refractivity contribution in [1.82, 2.24) is 5.32 Å². The third kappa shape index (κ3) is 3.97. The smallest absolute Gasteiger partial charge is 0.0622 e. The van der Waals surface area contributed by atoms with Gasteiger partial charge in [-0.2, -0.15) is 0 Å². The highest BCUT2D eigenvalue weighted by molar-refractivity contribution is 4.85. The summed E-state index contributed by atoms with van der Waals surface area (Å²) in [4.78, 5) is 0. The Hall–Kier alpha value is -0.0800. The second-order valence-electron chi connectivity index (χ2n) is 5.09. The minimum atomic E-state index is 0.0574. The van der Waals surface area contributed by atoms with Gasteiger partial charge >= 0.3 is 0 Å². The Kier molecular flexibility index (Phi) is 4.39. The van der Waals surface area contributed by atoms with Crippen molar-refractivity contribution >= 4 is 0 Å². The Labute approximate surface area is 88.4 Å². The molecule has 0 bridgehead atoms. The van der Waals surface area contributed by atoms with E-state index < -0.39 is 0 Å². The van der Waals surface area contributed by atoms with Gasteiger partial charge < -0.3 is 10.1 Å². The molecule has 0 heterocycles. The minimum Gasteiger partial charge on any atom is -0.379 e. The van der Waals surface area contributed by atoms with Gasteiger partial charge in [0.2, 0.25) is 0 Å². The Bertz CT molecular complexity index is 164. The van der Waals surface area contributed by atoms with Gasteiger partial charge in [0.15, 0.2) is 0 Å². The summed E-state index contributed by atoms with van der Waals surface area (Å²) in [5.74, 6) is 0.964. The summed E-state index contributed by atoms with van der Waals surface area (Å²) in [6.07, 6.45) is 6.59. The fourth-order valence-corrected chi connectivity index (χ4v) is 1.96. The molecule has 2 nitrogen and oxygen atoms in total. The molecule has 1 unspecified atom stereocenters. The first-order valence-corrected chi connectivity index (χ1v) is 5.81. The molecule has 1 rings (SSSR count). The predicted molar refractivity (Wildman–Crippen MR) is 60.5 cm³/mol. The van der Waals surface area contributed by atoms with Crippen molar-refractivity contribution in [3.63, 3.8) is 0 Å². The number of ether oxygens (including phenoxy) is 1. The zero-order valence-corrected chi connectivity index (χ0v) is 10.1. The number of nitrogens with one attached hydrogen (secondary N) is 1. The van der Waals surface area contributed by atoms with E-state index in [1.807, 2.05) is 0 Å². The van der Waals surface area contributed by atoms with E-state index in [4.69, 9.17) is 4.74 Å². The average Bonchev–Trinajstić information content (AvgIpc) is 2.96. The van der Waals surface area contributed by atoms with E-state index in [2.05, 4.69) is 26.2 Å². The van der Waals surface area contributed by atoms with E-state index in [9.17, 15) is 0 Å². The molecule has 2 heteroatoms. The topological polar surface area (TPSA) is 21.3 Å². The molecular weight excluding hydrogens is 174 g/mol. The van der Waals surface area contributed by atoms with Crippen LogP contribution in [0, 0.1) is 5.92 Å². The third-order valence-corrected chi connectivity index (χ3v) is 3.41. The van der Waals surface area contributed by atoms with Gasteiger partial charge in [-0.15, -0.1) is 0 Å². The van der Waals surface area contributed by atoms with Crippen LogP contribution in [0.1, 0.15) is 46.0 Å². The highest BCUT2D eigenvalue weighted by Crippen LogP contribution is 2.34. The summed E-state index contributed by atoms with van der Waals surface area (Å²) < 4.78 is 5.41. The zero-order valence-electron chi connectivity index (χ0n) is 10.1. The molecule has 0 saturated heterocycles. The maximum Gasteiger partial charge on any atom is 0.0622 e. The summed E-state index contributed by atoms with van der Waals surface area (Å²) in [6, 6.07) is 0.752. The van der Waals surface area contributed by atoms with E-state index in [0.717, 1.165) is 18.4 Å². The number of hydrogen-bond acceptors (Lipinski definition) is 2. The first kappa shape index (κ1) is 12.0. The zero-order chi connectivity index (χ0) is 10.6. The quantitative estimate of drug-likeness (QED) is 0.680. The summed E-state index contributed by atoms with van der Waals surface area (Å²) in [5, 5.41) is 3.43. The van der Waals surface area contributed by atoms with E-state index in [1.54, 1.807) is 7.11 Å². The monoisotopic (exact) mass is 199 g/mol.